The highest BCUT2D eigenvalue weighted by molar-refractivity contribution is 6.11. The predicted octanol–water partition coefficient (Wildman–Crippen LogP) is 7.54. The molecule has 2 aliphatic rings. The van der Waals surface area contributed by atoms with E-state index in [0.29, 0.717) is 6.42 Å². The fourth-order valence-corrected chi connectivity index (χ4v) is 4.76. The average Bonchev–Trinajstić information content (AvgIpc) is 3.22. The zero-order chi connectivity index (χ0) is 27.3. The second kappa shape index (κ2) is 15.3. The number of allylic oxidation sites excluding steroid dienone is 11. The van der Waals surface area contributed by atoms with E-state index >= 15 is 0 Å². The maximum Gasteiger partial charge on any atom is 0.191 e. The summed E-state index contributed by atoms with van der Waals surface area (Å²) in [5, 5.41) is 0. The first-order chi connectivity index (χ1) is 18.4. The van der Waals surface area contributed by atoms with Crippen LogP contribution in [0.2, 0.25) is 0 Å². The number of ether oxygens (including phenoxy) is 1. The van der Waals surface area contributed by atoms with Crippen LogP contribution < -0.4 is 4.74 Å². The van der Waals surface area contributed by atoms with Crippen LogP contribution in [0.25, 0.3) is 0 Å². The molecule has 204 valence electrons. The Bertz CT molecular complexity index is 1100. The third kappa shape index (κ3) is 8.98. The number of carbonyl (C=O) groups is 1. The Labute approximate surface area is 228 Å². The monoisotopic (exact) mass is 518 g/mol. The van der Waals surface area contributed by atoms with Crippen molar-refractivity contribution in [3.05, 3.63) is 101 Å². The van der Waals surface area contributed by atoms with Crippen LogP contribution in [0.4, 0.5) is 4.39 Å². The molecule has 5 heteroatoms. The quantitative estimate of drug-likeness (QED) is 0.211. The second-order valence-electron chi connectivity index (χ2n) is 9.97. The topological polar surface area (TPSA) is 32.8 Å². The molecule has 1 heterocycles. The maximum atomic E-state index is 13.6. The number of ketones is 1. The number of rotatable bonds is 12. The molecular weight excluding hydrogens is 475 g/mol. The molecule has 1 aromatic carbocycles. The standard InChI is InChI=1S/C33H43FN2O2/c1-5-12-26(3)32(33(37)28-13-9-7-8-10-14-28)25-36(27(4)6-2)22-11-21-35-23-19-31(20-24-35)38-30-17-15-29(34)16-18-30/h6-10,12-13,15-18,25,31H,5,11,14,19-24H2,1-4H3/b26-12+,27-6+,32-25+. The lowest BCUT2D eigenvalue weighted by Crippen LogP contribution is -2.39. The van der Waals surface area contributed by atoms with Crippen molar-refractivity contribution in [2.75, 3.05) is 26.2 Å². The highest BCUT2D eigenvalue weighted by Gasteiger charge is 2.21. The van der Waals surface area contributed by atoms with Gasteiger partial charge in [0.1, 0.15) is 17.7 Å². The van der Waals surface area contributed by atoms with Gasteiger partial charge in [0.2, 0.25) is 0 Å². The average molecular weight is 519 g/mol. The van der Waals surface area contributed by atoms with Crippen molar-refractivity contribution in [2.24, 2.45) is 0 Å². The van der Waals surface area contributed by atoms with Crippen molar-refractivity contribution in [1.82, 2.24) is 9.80 Å². The first kappa shape index (κ1) is 29.4. The first-order valence-corrected chi connectivity index (χ1v) is 13.9. The Kier molecular flexibility index (Phi) is 11.8. The van der Waals surface area contributed by atoms with Crippen LogP contribution in [-0.2, 0) is 4.79 Å². The summed E-state index contributed by atoms with van der Waals surface area (Å²) in [6.07, 6.45) is 20.8. The summed E-state index contributed by atoms with van der Waals surface area (Å²) in [5.41, 5.74) is 3.74. The summed E-state index contributed by atoms with van der Waals surface area (Å²) in [4.78, 5) is 18.3. The third-order valence-corrected chi connectivity index (χ3v) is 7.15. The molecule has 4 nitrogen and oxygen atoms in total. The summed E-state index contributed by atoms with van der Waals surface area (Å²) < 4.78 is 19.2. The number of halogens is 1. The number of benzene rings is 1. The summed E-state index contributed by atoms with van der Waals surface area (Å²) >= 11 is 0. The Balaban J connectivity index is 1.60. The Morgan fingerprint density at radius 3 is 2.55 bits per heavy atom. The van der Waals surface area contributed by atoms with Gasteiger partial charge in [-0.05, 0) is 89.3 Å². The van der Waals surface area contributed by atoms with Crippen LogP contribution in [0.15, 0.2) is 95.4 Å². The zero-order valence-corrected chi connectivity index (χ0v) is 23.5. The summed E-state index contributed by atoms with van der Waals surface area (Å²) in [6.45, 7) is 12.1. The van der Waals surface area contributed by atoms with E-state index in [2.05, 4.69) is 42.0 Å². The van der Waals surface area contributed by atoms with Crippen molar-refractivity contribution in [3.8, 4) is 5.75 Å². The summed E-state index contributed by atoms with van der Waals surface area (Å²) in [6, 6.07) is 6.28. The van der Waals surface area contributed by atoms with E-state index in [4.69, 9.17) is 4.74 Å². The number of hydrogen-bond acceptors (Lipinski definition) is 4. The van der Waals surface area contributed by atoms with E-state index < -0.39 is 0 Å². The maximum absolute atomic E-state index is 13.6. The number of likely N-dealkylation sites (tertiary alicyclic amines) is 1. The van der Waals surface area contributed by atoms with Crippen molar-refractivity contribution in [2.45, 2.75) is 65.9 Å². The van der Waals surface area contributed by atoms with Crippen LogP contribution in [0.5, 0.6) is 5.75 Å². The highest BCUT2D eigenvalue weighted by Crippen LogP contribution is 2.23. The number of piperidine rings is 1. The molecular formula is C33H43FN2O2. The van der Waals surface area contributed by atoms with Crippen LogP contribution in [0.3, 0.4) is 0 Å². The smallest absolute Gasteiger partial charge is 0.191 e. The highest BCUT2D eigenvalue weighted by atomic mass is 19.1. The lowest BCUT2D eigenvalue weighted by molar-refractivity contribution is -0.112. The van der Waals surface area contributed by atoms with Gasteiger partial charge >= 0.3 is 0 Å². The van der Waals surface area contributed by atoms with Crippen LogP contribution in [-0.4, -0.2) is 47.9 Å². The van der Waals surface area contributed by atoms with Crippen molar-refractivity contribution < 1.29 is 13.9 Å². The largest absolute Gasteiger partial charge is 0.490 e. The molecule has 0 aromatic heterocycles. The van der Waals surface area contributed by atoms with E-state index in [-0.39, 0.29) is 17.7 Å². The van der Waals surface area contributed by atoms with Gasteiger partial charge in [-0.3, -0.25) is 4.79 Å². The zero-order valence-electron chi connectivity index (χ0n) is 23.5. The van der Waals surface area contributed by atoms with E-state index in [1.807, 2.05) is 44.2 Å². The lowest BCUT2D eigenvalue weighted by Gasteiger charge is -2.33. The van der Waals surface area contributed by atoms with Crippen molar-refractivity contribution in [1.29, 1.82) is 0 Å². The van der Waals surface area contributed by atoms with Gasteiger partial charge in [-0.15, -0.1) is 0 Å². The van der Waals surface area contributed by atoms with E-state index in [0.717, 1.165) is 80.0 Å². The number of hydrogen-bond donors (Lipinski definition) is 0. The van der Waals surface area contributed by atoms with Crippen LogP contribution >= 0.6 is 0 Å². The van der Waals surface area contributed by atoms with Crippen molar-refractivity contribution >= 4 is 5.78 Å². The van der Waals surface area contributed by atoms with Gasteiger partial charge < -0.3 is 14.5 Å². The SMILES string of the molecule is C/C=C(\C)N(/C=C(C(=O)C1=CC=CC=CC1)\C(C)=C\CC)CCCN1CCC(Oc2ccc(F)cc2)CC1. The van der Waals surface area contributed by atoms with Gasteiger partial charge in [-0.25, -0.2) is 4.39 Å². The fraction of sp³-hybridized carbons (Fsp3) is 0.424. The van der Waals surface area contributed by atoms with Crippen molar-refractivity contribution in [3.63, 3.8) is 0 Å². The predicted molar refractivity (Wildman–Crippen MR) is 155 cm³/mol. The molecule has 0 atom stereocenters. The van der Waals surface area contributed by atoms with Gasteiger partial charge in [-0.2, -0.15) is 0 Å². The Morgan fingerprint density at radius 1 is 1.13 bits per heavy atom. The Morgan fingerprint density at radius 2 is 1.87 bits per heavy atom. The first-order valence-electron chi connectivity index (χ1n) is 13.9. The summed E-state index contributed by atoms with van der Waals surface area (Å²) in [7, 11) is 0. The third-order valence-electron chi connectivity index (χ3n) is 7.15. The molecule has 0 radical (unpaired) electrons. The Hall–Kier alpha value is -3.18. The molecule has 1 aromatic rings. The van der Waals surface area contributed by atoms with Gasteiger partial charge in [0.25, 0.3) is 0 Å². The normalized spacial score (nSPS) is 17.8. The molecule has 1 aliphatic carbocycles. The molecule has 3 rings (SSSR count). The summed E-state index contributed by atoms with van der Waals surface area (Å²) in [5.74, 6) is 0.590. The molecule has 0 spiro atoms. The molecule has 38 heavy (non-hydrogen) atoms. The van der Waals surface area contributed by atoms with E-state index in [1.165, 1.54) is 12.1 Å². The molecule has 1 aliphatic heterocycles. The fourth-order valence-electron chi connectivity index (χ4n) is 4.76. The number of nitrogens with zero attached hydrogens (tertiary/aromatic N) is 2. The minimum atomic E-state index is -0.243. The van der Waals surface area contributed by atoms with Crippen LogP contribution in [0.1, 0.15) is 59.8 Å². The van der Waals surface area contributed by atoms with Gasteiger partial charge in [0.05, 0.1) is 0 Å². The number of carbonyl (C=O) groups excluding carboxylic acids is 1. The molecule has 0 saturated carbocycles. The lowest BCUT2D eigenvalue weighted by atomic mass is 9.95. The van der Waals surface area contributed by atoms with Crippen LogP contribution in [0, 0.1) is 5.82 Å². The number of Topliss-reactive ketones (excluding diaryl/α,β-unsaturated/α-hetero) is 1. The van der Waals surface area contributed by atoms with E-state index in [1.54, 1.807) is 12.1 Å². The molecule has 1 saturated heterocycles. The van der Waals surface area contributed by atoms with Gasteiger partial charge in [0.15, 0.2) is 5.78 Å². The van der Waals surface area contributed by atoms with E-state index in [9.17, 15) is 9.18 Å². The molecule has 0 amide bonds. The minimum Gasteiger partial charge on any atom is -0.490 e. The molecule has 0 unspecified atom stereocenters. The second-order valence-corrected chi connectivity index (χ2v) is 9.97. The molecule has 0 N–H and O–H groups in total. The molecule has 1 fully saturated rings. The van der Waals surface area contributed by atoms with Gasteiger partial charge in [0, 0.05) is 42.7 Å². The minimum absolute atomic E-state index is 0.0977. The molecule has 0 bridgehead atoms. The van der Waals surface area contributed by atoms with Gasteiger partial charge in [-0.1, -0.05) is 49.5 Å².